The summed E-state index contributed by atoms with van der Waals surface area (Å²) in [6.07, 6.45) is 1.67. The van der Waals surface area contributed by atoms with Crippen LogP contribution < -0.4 is 9.62 Å². The molecule has 0 unspecified atom stereocenters. The van der Waals surface area contributed by atoms with E-state index in [-0.39, 0.29) is 17.5 Å². The summed E-state index contributed by atoms with van der Waals surface area (Å²) in [6, 6.07) is 25.9. The lowest BCUT2D eigenvalue weighted by Crippen LogP contribution is -2.41. The first kappa shape index (κ1) is 19.8. The Labute approximate surface area is 174 Å². The van der Waals surface area contributed by atoms with Crippen LogP contribution in [-0.2, 0) is 10.0 Å². The van der Waals surface area contributed by atoms with Crippen molar-refractivity contribution >= 4 is 32.5 Å². The molecule has 3 aromatic carbocycles. The van der Waals surface area contributed by atoms with Gasteiger partial charge in [-0.1, -0.05) is 42.5 Å². The number of aromatic nitrogens is 1. The Balaban J connectivity index is 1.74. The lowest BCUT2D eigenvalue weighted by atomic mass is 10.1. The smallest absolute Gasteiger partial charge is 0.259 e. The SMILES string of the molecule is O=C(c1ccccc1)N(CNS(=O)(=O)c1ccccc1)c1cccc2ncccc12. The first-order valence-corrected chi connectivity index (χ1v) is 10.8. The summed E-state index contributed by atoms with van der Waals surface area (Å²) in [6.45, 7) is -0.223. The van der Waals surface area contributed by atoms with Crippen molar-refractivity contribution in [1.82, 2.24) is 9.71 Å². The molecule has 150 valence electrons. The normalized spacial score (nSPS) is 11.3. The molecule has 4 aromatic rings. The molecule has 0 spiro atoms. The lowest BCUT2D eigenvalue weighted by Gasteiger charge is -2.24. The predicted octanol–water partition coefficient (Wildman–Crippen LogP) is 3.82. The summed E-state index contributed by atoms with van der Waals surface area (Å²) in [4.78, 5) is 19.2. The van der Waals surface area contributed by atoms with Crippen LogP contribution in [0.15, 0.2) is 102 Å². The molecule has 0 bridgehead atoms. The molecule has 6 nitrogen and oxygen atoms in total. The van der Waals surface area contributed by atoms with Crippen molar-refractivity contribution in [2.24, 2.45) is 0 Å². The molecule has 0 radical (unpaired) electrons. The second kappa shape index (κ2) is 8.44. The van der Waals surface area contributed by atoms with Crippen LogP contribution in [0.3, 0.4) is 0 Å². The lowest BCUT2D eigenvalue weighted by molar-refractivity contribution is 0.0987. The van der Waals surface area contributed by atoms with Crippen molar-refractivity contribution in [3.8, 4) is 0 Å². The van der Waals surface area contributed by atoms with Crippen LogP contribution >= 0.6 is 0 Å². The van der Waals surface area contributed by atoms with Crippen LogP contribution in [0.2, 0.25) is 0 Å². The van der Waals surface area contributed by atoms with Crippen molar-refractivity contribution < 1.29 is 13.2 Å². The van der Waals surface area contributed by atoms with Crippen LogP contribution in [0, 0.1) is 0 Å². The number of nitrogens with zero attached hydrogens (tertiary/aromatic N) is 2. The van der Waals surface area contributed by atoms with Gasteiger partial charge >= 0.3 is 0 Å². The molecule has 4 rings (SSSR count). The molecule has 1 heterocycles. The monoisotopic (exact) mass is 417 g/mol. The minimum atomic E-state index is -3.79. The van der Waals surface area contributed by atoms with E-state index in [1.807, 2.05) is 18.2 Å². The molecule has 0 saturated heterocycles. The quantitative estimate of drug-likeness (QED) is 0.484. The highest BCUT2D eigenvalue weighted by Crippen LogP contribution is 2.26. The Morgan fingerprint density at radius 2 is 1.53 bits per heavy atom. The Morgan fingerprint density at radius 3 is 2.27 bits per heavy atom. The summed E-state index contributed by atoms with van der Waals surface area (Å²) in [7, 11) is -3.79. The van der Waals surface area contributed by atoms with Crippen molar-refractivity contribution in [3.63, 3.8) is 0 Å². The van der Waals surface area contributed by atoms with Gasteiger partial charge in [0.1, 0.15) is 0 Å². The minimum absolute atomic E-state index is 0.136. The Bertz CT molecular complexity index is 1270. The largest absolute Gasteiger partial charge is 0.293 e. The topological polar surface area (TPSA) is 79.4 Å². The average molecular weight is 417 g/mol. The highest BCUT2D eigenvalue weighted by atomic mass is 32.2. The second-order valence-electron chi connectivity index (χ2n) is 6.57. The van der Waals surface area contributed by atoms with Crippen LogP contribution in [0.1, 0.15) is 10.4 Å². The first-order valence-electron chi connectivity index (χ1n) is 9.32. The number of pyridine rings is 1. The van der Waals surface area contributed by atoms with Crippen molar-refractivity contribution in [2.75, 3.05) is 11.6 Å². The molecule has 0 aliphatic rings. The van der Waals surface area contributed by atoms with Gasteiger partial charge in [0.05, 0.1) is 22.8 Å². The number of hydrogen-bond donors (Lipinski definition) is 1. The average Bonchev–Trinajstić information content (AvgIpc) is 2.80. The number of sulfonamides is 1. The van der Waals surface area contributed by atoms with E-state index in [1.54, 1.807) is 66.9 Å². The Kier molecular flexibility index (Phi) is 5.56. The van der Waals surface area contributed by atoms with E-state index in [2.05, 4.69) is 9.71 Å². The standard InChI is InChI=1S/C23H19N3O3S/c27-23(18-9-3-1-4-10-18)26(17-25-30(28,29)19-11-5-2-6-12-19)22-15-7-14-21-20(22)13-8-16-24-21/h1-16,25H,17H2. The summed E-state index contributed by atoms with van der Waals surface area (Å²) < 4.78 is 28.0. The summed E-state index contributed by atoms with van der Waals surface area (Å²) in [5, 5.41) is 0.753. The highest BCUT2D eigenvalue weighted by Gasteiger charge is 2.22. The van der Waals surface area contributed by atoms with Gasteiger partial charge in [0.25, 0.3) is 5.91 Å². The number of amides is 1. The van der Waals surface area contributed by atoms with Gasteiger partial charge in [0.2, 0.25) is 10.0 Å². The van der Waals surface area contributed by atoms with Gasteiger partial charge in [-0.3, -0.25) is 14.7 Å². The van der Waals surface area contributed by atoms with Gasteiger partial charge in [-0.2, -0.15) is 4.72 Å². The van der Waals surface area contributed by atoms with Gasteiger partial charge < -0.3 is 0 Å². The molecule has 30 heavy (non-hydrogen) atoms. The van der Waals surface area contributed by atoms with Crippen LogP contribution in [0.25, 0.3) is 10.9 Å². The van der Waals surface area contributed by atoms with E-state index in [0.717, 1.165) is 5.39 Å². The fourth-order valence-corrected chi connectivity index (χ4v) is 4.14. The van der Waals surface area contributed by atoms with E-state index in [9.17, 15) is 13.2 Å². The first-order chi connectivity index (χ1) is 14.6. The maximum Gasteiger partial charge on any atom is 0.259 e. The number of anilines is 1. The second-order valence-corrected chi connectivity index (χ2v) is 8.33. The van der Waals surface area contributed by atoms with Gasteiger partial charge in [0.15, 0.2) is 0 Å². The molecule has 0 saturated carbocycles. The van der Waals surface area contributed by atoms with E-state index in [0.29, 0.717) is 16.8 Å². The van der Waals surface area contributed by atoms with E-state index < -0.39 is 10.0 Å². The summed E-state index contributed by atoms with van der Waals surface area (Å²) in [5.41, 5.74) is 1.74. The van der Waals surface area contributed by atoms with Gasteiger partial charge in [-0.05, 0) is 48.5 Å². The number of carbonyl (C=O) groups excluding carboxylic acids is 1. The molecule has 7 heteroatoms. The molecule has 1 N–H and O–H groups in total. The number of hydrogen-bond acceptors (Lipinski definition) is 4. The van der Waals surface area contributed by atoms with Crippen molar-refractivity contribution in [2.45, 2.75) is 4.90 Å². The number of rotatable bonds is 6. The zero-order valence-electron chi connectivity index (χ0n) is 16.0. The number of fused-ring (bicyclic) bond motifs is 1. The number of nitrogens with one attached hydrogen (secondary N) is 1. The molecule has 0 atom stereocenters. The van der Waals surface area contributed by atoms with Crippen molar-refractivity contribution in [3.05, 3.63) is 103 Å². The Morgan fingerprint density at radius 1 is 0.833 bits per heavy atom. The van der Waals surface area contributed by atoms with Gasteiger partial charge in [0, 0.05) is 17.1 Å². The molecule has 1 aromatic heterocycles. The van der Waals surface area contributed by atoms with E-state index in [1.165, 1.54) is 17.0 Å². The number of benzene rings is 3. The fourth-order valence-electron chi connectivity index (χ4n) is 3.16. The van der Waals surface area contributed by atoms with Crippen LogP contribution in [-0.4, -0.2) is 26.0 Å². The third-order valence-corrected chi connectivity index (χ3v) is 6.05. The molecule has 0 aliphatic carbocycles. The molecular formula is C23H19N3O3S. The Hall–Kier alpha value is -3.55. The van der Waals surface area contributed by atoms with Gasteiger partial charge in [-0.25, -0.2) is 8.42 Å². The van der Waals surface area contributed by atoms with E-state index in [4.69, 9.17) is 0 Å². The zero-order chi connectivity index (χ0) is 21.0. The predicted molar refractivity (Wildman–Crippen MR) is 117 cm³/mol. The summed E-state index contributed by atoms with van der Waals surface area (Å²) in [5.74, 6) is -0.317. The molecule has 1 amide bonds. The third-order valence-electron chi connectivity index (χ3n) is 4.65. The molecule has 0 fully saturated rings. The maximum absolute atomic E-state index is 13.3. The number of carbonyl (C=O) groups is 1. The van der Waals surface area contributed by atoms with E-state index >= 15 is 0 Å². The molecular weight excluding hydrogens is 398 g/mol. The minimum Gasteiger partial charge on any atom is -0.293 e. The maximum atomic E-state index is 13.3. The molecule has 0 aliphatic heterocycles. The fraction of sp³-hybridized carbons (Fsp3) is 0.0435. The summed E-state index contributed by atoms with van der Waals surface area (Å²) >= 11 is 0. The van der Waals surface area contributed by atoms with Gasteiger partial charge in [-0.15, -0.1) is 0 Å². The highest BCUT2D eigenvalue weighted by molar-refractivity contribution is 7.89. The van der Waals surface area contributed by atoms with Crippen LogP contribution in [0.5, 0.6) is 0 Å². The zero-order valence-corrected chi connectivity index (χ0v) is 16.8. The van der Waals surface area contributed by atoms with Crippen LogP contribution in [0.4, 0.5) is 5.69 Å². The van der Waals surface area contributed by atoms with Crippen molar-refractivity contribution in [1.29, 1.82) is 0 Å². The third kappa shape index (κ3) is 4.07.